The standard InChI is InChI=1S/C22H30N4O4/c1-23-18(15-21(28)24(2)22(23)29)16-25-11-4-12-26(14-13-25)20(27)10-7-17-5-8-19(30-3)9-6-17/h5-6,8-9,15H,4,7,10-14,16H2,1-3H3. The number of methoxy groups -OCH3 is 1. The van der Waals surface area contributed by atoms with Crippen molar-refractivity contribution in [3.8, 4) is 5.75 Å². The van der Waals surface area contributed by atoms with Gasteiger partial charge in [0, 0.05) is 65.0 Å². The highest BCUT2D eigenvalue weighted by Crippen LogP contribution is 2.14. The smallest absolute Gasteiger partial charge is 0.330 e. The number of carbonyl (C=O) groups is 1. The molecule has 2 aromatic rings. The third kappa shape index (κ3) is 5.18. The Morgan fingerprint density at radius 2 is 1.73 bits per heavy atom. The van der Waals surface area contributed by atoms with E-state index in [1.165, 1.54) is 17.7 Å². The number of hydrogen-bond acceptors (Lipinski definition) is 5. The summed E-state index contributed by atoms with van der Waals surface area (Å²) < 4.78 is 7.79. The number of aryl methyl sites for hydroxylation is 1. The zero-order valence-electron chi connectivity index (χ0n) is 18.0. The second-order valence-corrected chi connectivity index (χ2v) is 7.73. The van der Waals surface area contributed by atoms with E-state index in [0.717, 1.165) is 41.9 Å². The van der Waals surface area contributed by atoms with Crippen molar-refractivity contribution in [2.24, 2.45) is 14.1 Å². The summed E-state index contributed by atoms with van der Waals surface area (Å²) in [6.45, 7) is 3.45. The number of nitrogens with zero attached hydrogens (tertiary/aromatic N) is 4. The van der Waals surface area contributed by atoms with Crippen LogP contribution in [-0.2, 0) is 31.9 Å². The minimum absolute atomic E-state index is 0.161. The van der Waals surface area contributed by atoms with Crippen LogP contribution in [0.5, 0.6) is 5.75 Å². The molecule has 0 radical (unpaired) electrons. The first kappa shape index (κ1) is 21.8. The fraction of sp³-hybridized carbons (Fsp3) is 0.500. The third-order valence-electron chi connectivity index (χ3n) is 5.74. The van der Waals surface area contributed by atoms with Crippen LogP contribution in [0.1, 0.15) is 24.1 Å². The molecule has 3 rings (SSSR count). The van der Waals surface area contributed by atoms with Crippen LogP contribution in [0.4, 0.5) is 0 Å². The molecule has 0 aliphatic carbocycles. The molecule has 1 aromatic heterocycles. The van der Waals surface area contributed by atoms with E-state index in [1.807, 2.05) is 29.2 Å². The Morgan fingerprint density at radius 3 is 2.43 bits per heavy atom. The molecule has 0 unspecified atom stereocenters. The number of aromatic nitrogens is 2. The topological polar surface area (TPSA) is 76.8 Å². The highest BCUT2D eigenvalue weighted by Gasteiger charge is 2.20. The molecule has 0 atom stereocenters. The Labute approximate surface area is 176 Å². The predicted octanol–water partition coefficient (Wildman–Crippen LogP) is 0.760. The van der Waals surface area contributed by atoms with Gasteiger partial charge in [-0.25, -0.2) is 4.79 Å². The lowest BCUT2D eigenvalue weighted by molar-refractivity contribution is -0.131. The van der Waals surface area contributed by atoms with Gasteiger partial charge in [-0.2, -0.15) is 0 Å². The summed E-state index contributed by atoms with van der Waals surface area (Å²) in [4.78, 5) is 40.9. The van der Waals surface area contributed by atoms with Crippen LogP contribution in [0.3, 0.4) is 0 Å². The molecule has 1 amide bonds. The average Bonchev–Trinajstić information content (AvgIpc) is 3.00. The van der Waals surface area contributed by atoms with E-state index in [9.17, 15) is 14.4 Å². The minimum atomic E-state index is -0.317. The molecule has 162 valence electrons. The van der Waals surface area contributed by atoms with E-state index in [4.69, 9.17) is 4.74 Å². The van der Waals surface area contributed by atoms with Crippen molar-refractivity contribution in [2.45, 2.75) is 25.8 Å². The fourth-order valence-corrected chi connectivity index (χ4v) is 3.74. The molecular weight excluding hydrogens is 384 g/mol. The Hall–Kier alpha value is -2.87. The van der Waals surface area contributed by atoms with Crippen molar-refractivity contribution in [1.29, 1.82) is 0 Å². The zero-order chi connectivity index (χ0) is 21.7. The molecule has 0 spiro atoms. The maximum Gasteiger partial charge on any atom is 0.330 e. The largest absolute Gasteiger partial charge is 0.497 e. The zero-order valence-corrected chi connectivity index (χ0v) is 18.0. The molecule has 8 nitrogen and oxygen atoms in total. The Bertz CT molecular complexity index is 994. The number of rotatable bonds is 6. The van der Waals surface area contributed by atoms with E-state index in [-0.39, 0.29) is 17.2 Å². The first-order chi connectivity index (χ1) is 14.4. The maximum absolute atomic E-state index is 12.7. The van der Waals surface area contributed by atoms with E-state index in [0.29, 0.717) is 31.6 Å². The van der Waals surface area contributed by atoms with Crippen LogP contribution in [0.15, 0.2) is 39.9 Å². The van der Waals surface area contributed by atoms with E-state index < -0.39 is 0 Å². The van der Waals surface area contributed by atoms with Gasteiger partial charge in [0.25, 0.3) is 5.56 Å². The van der Waals surface area contributed by atoms with Gasteiger partial charge in [-0.15, -0.1) is 0 Å². The molecular formula is C22H30N4O4. The highest BCUT2D eigenvalue weighted by atomic mass is 16.5. The molecule has 30 heavy (non-hydrogen) atoms. The first-order valence-corrected chi connectivity index (χ1v) is 10.3. The van der Waals surface area contributed by atoms with Gasteiger partial charge in [0.2, 0.25) is 5.91 Å². The molecule has 0 N–H and O–H groups in total. The molecule has 1 fully saturated rings. The first-order valence-electron chi connectivity index (χ1n) is 10.3. The number of hydrogen-bond donors (Lipinski definition) is 0. The van der Waals surface area contributed by atoms with Gasteiger partial charge in [0.15, 0.2) is 0 Å². The lowest BCUT2D eigenvalue weighted by atomic mass is 10.1. The van der Waals surface area contributed by atoms with Crippen LogP contribution in [0.2, 0.25) is 0 Å². The van der Waals surface area contributed by atoms with Crippen molar-refractivity contribution >= 4 is 5.91 Å². The third-order valence-corrected chi connectivity index (χ3v) is 5.74. The van der Waals surface area contributed by atoms with Gasteiger partial charge in [0.1, 0.15) is 5.75 Å². The fourth-order valence-electron chi connectivity index (χ4n) is 3.74. The van der Waals surface area contributed by atoms with Crippen molar-refractivity contribution in [3.63, 3.8) is 0 Å². The molecule has 1 saturated heterocycles. The molecule has 0 saturated carbocycles. The van der Waals surface area contributed by atoms with Crippen molar-refractivity contribution in [2.75, 3.05) is 33.3 Å². The van der Waals surface area contributed by atoms with Crippen LogP contribution in [0, 0.1) is 0 Å². The van der Waals surface area contributed by atoms with Crippen molar-refractivity contribution in [3.05, 3.63) is 62.4 Å². The molecule has 2 heterocycles. The van der Waals surface area contributed by atoms with Crippen LogP contribution in [0.25, 0.3) is 0 Å². The van der Waals surface area contributed by atoms with Gasteiger partial charge in [-0.05, 0) is 30.5 Å². The summed E-state index contributed by atoms with van der Waals surface area (Å²) >= 11 is 0. The minimum Gasteiger partial charge on any atom is -0.497 e. The van der Waals surface area contributed by atoms with Crippen molar-refractivity contribution in [1.82, 2.24) is 18.9 Å². The Kier molecular flexibility index (Phi) is 7.10. The quantitative estimate of drug-likeness (QED) is 0.698. The van der Waals surface area contributed by atoms with E-state index in [2.05, 4.69) is 4.90 Å². The van der Waals surface area contributed by atoms with Crippen molar-refractivity contribution < 1.29 is 9.53 Å². The Balaban J connectivity index is 1.55. The molecule has 8 heteroatoms. The van der Waals surface area contributed by atoms with Crippen LogP contribution >= 0.6 is 0 Å². The van der Waals surface area contributed by atoms with E-state index in [1.54, 1.807) is 14.2 Å². The molecule has 1 aliphatic heterocycles. The van der Waals surface area contributed by atoms with Crippen LogP contribution in [-0.4, -0.2) is 58.1 Å². The summed E-state index contributed by atoms with van der Waals surface area (Å²) in [6, 6.07) is 9.32. The van der Waals surface area contributed by atoms with Gasteiger partial charge < -0.3 is 9.64 Å². The predicted molar refractivity (Wildman–Crippen MR) is 115 cm³/mol. The number of carbonyl (C=O) groups excluding carboxylic acids is 1. The number of benzene rings is 1. The number of amides is 1. The van der Waals surface area contributed by atoms with Gasteiger partial charge >= 0.3 is 5.69 Å². The number of ether oxygens (including phenoxy) is 1. The summed E-state index contributed by atoms with van der Waals surface area (Å²) in [5.74, 6) is 0.972. The summed E-state index contributed by atoms with van der Waals surface area (Å²) in [7, 11) is 4.80. The summed E-state index contributed by atoms with van der Waals surface area (Å²) in [5.41, 5.74) is 1.20. The lowest BCUT2D eigenvalue weighted by Gasteiger charge is -2.23. The molecule has 1 aliphatic rings. The summed E-state index contributed by atoms with van der Waals surface area (Å²) in [6.07, 6.45) is 2.06. The lowest BCUT2D eigenvalue weighted by Crippen LogP contribution is -2.40. The molecule has 0 bridgehead atoms. The second kappa shape index (κ2) is 9.75. The monoisotopic (exact) mass is 414 g/mol. The van der Waals surface area contributed by atoms with Gasteiger partial charge in [-0.3, -0.25) is 23.6 Å². The average molecular weight is 415 g/mol. The van der Waals surface area contributed by atoms with Crippen LogP contribution < -0.4 is 16.0 Å². The van der Waals surface area contributed by atoms with E-state index >= 15 is 0 Å². The maximum atomic E-state index is 12.7. The molecule has 1 aromatic carbocycles. The second-order valence-electron chi connectivity index (χ2n) is 7.73. The van der Waals surface area contributed by atoms with Gasteiger partial charge in [-0.1, -0.05) is 12.1 Å². The Morgan fingerprint density at radius 1 is 1.00 bits per heavy atom. The van der Waals surface area contributed by atoms with Gasteiger partial charge in [0.05, 0.1) is 7.11 Å². The SMILES string of the molecule is COc1ccc(CCC(=O)N2CCCN(Cc3cc(=O)n(C)c(=O)n3C)CC2)cc1. The normalized spacial score (nSPS) is 15.1. The summed E-state index contributed by atoms with van der Waals surface area (Å²) in [5, 5.41) is 0. The highest BCUT2D eigenvalue weighted by molar-refractivity contribution is 5.76.